The summed E-state index contributed by atoms with van der Waals surface area (Å²) in [5.74, 6) is -0.750. The van der Waals surface area contributed by atoms with Crippen LogP contribution < -0.4 is 11.1 Å². The zero-order valence-electron chi connectivity index (χ0n) is 20.2. The summed E-state index contributed by atoms with van der Waals surface area (Å²) in [6.07, 6.45) is 1.37. The molecule has 0 aliphatic rings. The van der Waals surface area contributed by atoms with Gasteiger partial charge >= 0.3 is 5.97 Å². The van der Waals surface area contributed by atoms with E-state index in [1.807, 2.05) is 25.1 Å². The number of benzene rings is 3. The van der Waals surface area contributed by atoms with Crippen LogP contribution in [0.25, 0.3) is 4.91 Å². The standard InChI is InChI=1S/C19H19N3O3S.C7H8O3S/c1-2-25-18(24)14-10-8-13(9-11-14)16(26-19(20)21)12-17(23)22-15-6-4-3-5-7-15;1-6-2-4-7(5-3-6)11(8,9)10/h3-12H,2H2,1H3,(H3,20,21)(H,22,23);2-5H,1H3,(H,8,9,10). The molecule has 0 aliphatic carbocycles. The molecule has 3 rings (SSSR count). The molecule has 0 saturated carbocycles. The summed E-state index contributed by atoms with van der Waals surface area (Å²) < 4.78 is 34.5. The average Bonchev–Trinajstić information content (AvgIpc) is 2.84. The number of ether oxygens (including phenoxy) is 1. The number of anilines is 1. The van der Waals surface area contributed by atoms with Crippen LogP contribution in [-0.2, 0) is 19.6 Å². The fourth-order valence-corrected chi connectivity index (χ4v) is 3.94. The minimum Gasteiger partial charge on any atom is -0.462 e. The van der Waals surface area contributed by atoms with Crippen molar-refractivity contribution in [2.75, 3.05) is 11.9 Å². The molecule has 0 aromatic heterocycles. The van der Waals surface area contributed by atoms with Gasteiger partial charge < -0.3 is 15.8 Å². The Labute approximate surface area is 220 Å². The van der Waals surface area contributed by atoms with Gasteiger partial charge in [0, 0.05) is 16.7 Å². The third-order valence-electron chi connectivity index (χ3n) is 4.52. The number of carbonyl (C=O) groups excluding carboxylic acids is 2. The highest BCUT2D eigenvalue weighted by atomic mass is 32.2. The number of amidine groups is 1. The summed E-state index contributed by atoms with van der Waals surface area (Å²) in [5, 5.41) is 10.1. The van der Waals surface area contributed by atoms with E-state index in [0.717, 1.165) is 17.3 Å². The molecule has 0 aliphatic heterocycles. The molecule has 0 saturated heterocycles. The quantitative estimate of drug-likeness (QED) is 0.110. The predicted molar refractivity (Wildman–Crippen MR) is 146 cm³/mol. The number of thioether (sulfide) groups is 1. The van der Waals surface area contributed by atoms with Crippen LogP contribution in [0.4, 0.5) is 5.69 Å². The van der Waals surface area contributed by atoms with Crippen LogP contribution >= 0.6 is 11.8 Å². The van der Waals surface area contributed by atoms with Crippen LogP contribution in [0.15, 0.2) is 89.8 Å². The number of hydrogen-bond donors (Lipinski definition) is 4. The Morgan fingerprint density at radius 3 is 2.08 bits per heavy atom. The fraction of sp³-hybridized carbons (Fsp3) is 0.115. The molecule has 194 valence electrons. The number of para-hydroxylation sites is 1. The van der Waals surface area contributed by atoms with Crippen LogP contribution in [0.5, 0.6) is 0 Å². The average molecular weight is 542 g/mol. The number of nitrogens with two attached hydrogens (primary N) is 1. The first-order chi connectivity index (χ1) is 17.5. The van der Waals surface area contributed by atoms with Crippen molar-refractivity contribution in [3.8, 4) is 0 Å². The van der Waals surface area contributed by atoms with Gasteiger partial charge in [0.05, 0.1) is 17.1 Å². The number of amides is 1. The first kappa shape index (κ1) is 29.3. The Morgan fingerprint density at radius 1 is 1.00 bits per heavy atom. The van der Waals surface area contributed by atoms with E-state index < -0.39 is 16.1 Å². The molecule has 0 fully saturated rings. The molecule has 0 radical (unpaired) electrons. The second-order valence-electron chi connectivity index (χ2n) is 7.42. The van der Waals surface area contributed by atoms with Gasteiger partial charge in [-0.1, -0.05) is 59.8 Å². The van der Waals surface area contributed by atoms with E-state index in [-0.39, 0.29) is 16.0 Å². The van der Waals surface area contributed by atoms with Crippen molar-refractivity contribution in [3.63, 3.8) is 0 Å². The number of aryl methyl sites for hydroxylation is 1. The Hall–Kier alpha value is -3.93. The topological polar surface area (TPSA) is 160 Å². The lowest BCUT2D eigenvalue weighted by Gasteiger charge is -2.08. The van der Waals surface area contributed by atoms with E-state index in [0.29, 0.717) is 28.3 Å². The minimum absolute atomic E-state index is 0.0666. The maximum absolute atomic E-state index is 12.3. The van der Waals surface area contributed by atoms with Gasteiger partial charge in [-0.3, -0.25) is 14.8 Å². The van der Waals surface area contributed by atoms with Crippen LogP contribution in [0.1, 0.15) is 28.4 Å². The number of hydrogen-bond acceptors (Lipinski definition) is 7. The summed E-state index contributed by atoms with van der Waals surface area (Å²) >= 11 is 0.961. The first-order valence-corrected chi connectivity index (χ1v) is 13.2. The highest BCUT2D eigenvalue weighted by Crippen LogP contribution is 2.27. The maximum atomic E-state index is 12.3. The Bertz CT molecular complexity index is 1360. The largest absolute Gasteiger partial charge is 0.462 e. The number of carbonyl (C=O) groups is 2. The molecule has 37 heavy (non-hydrogen) atoms. The van der Waals surface area contributed by atoms with E-state index in [1.165, 1.54) is 18.2 Å². The highest BCUT2D eigenvalue weighted by Gasteiger charge is 2.11. The van der Waals surface area contributed by atoms with Crippen molar-refractivity contribution in [1.82, 2.24) is 0 Å². The van der Waals surface area contributed by atoms with E-state index >= 15 is 0 Å². The van der Waals surface area contributed by atoms with Crippen LogP contribution in [0, 0.1) is 12.3 Å². The van der Waals surface area contributed by atoms with Gasteiger partial charge in [0.25, 0.3) is 10.1 Å². The Balaban J connectivity index is 0.000000364. The smallest absolute Gasteiger partial charge is 0.338 e. The van der Waals surface area contributed by atoms with Gasteiger partial charge in [-0.05, 0) is 55.8 Å². The Morgan fingerprint density at radius 2 is 1.57 bits per heavy atom. The van der Waals surface area contributed by atoms with Gasteiger partial charge in [-0.15, -0.1) is 0 Å². The van der Waals surface area contributed by atoms with Crippen molar-refractivity contribution >= 4 is 49.5 Å². The monoisotopic (exact) mass is 541 g/mol. The molecule has 5 N–H and O–H groups in total. The minimum atomic E-state index is -4.02. The highest BCUT2D eigenvalue weighted by molar-refractivity contribution is 8.21. The summed E-state index contributed by atoms with van der Waals surface area (Å²) in [6, 6.07) is 21.6. The summed E-state index contributed by atoms with van der Waals surface area (Å²) in [4.78, 5) is 24.4. The van der Waals surface area contributed by atoms with Crippen molar-refractivity contribution < 1.29 is 27.3 Å². The molecule has 0 bridgehead atoms. The SMILES string of the molecule is CCOC(=O)c1ccc(C(=CC(=O)Nc2ccccc2)SC(=N)N)cc1.Cc1ccc(S(=O)(=O)O)cc1. The first-order valence-electron chi connectivity index (χ1n) is 10.9. The van der Waals surface area contributed by atoms with E-state index in [2.05, 4.69) is 5.32 Å². The molecule has 0 heterocycles. The van der Waals surface area contributed by atoms with Crippen LogP contribution in [-0.4, -0.2) is 36.6 Å². The third-order valence-corrected chi connectivity index (χ3v) is 6.18. The van der Waals surface area contributed by atoms with Crippen LogP contribution in [0.3, 0.4) is 0 Å². The Kier molecular flexibility index (Phi) is 11.1. The lowest BCUT2D eigenvalue weighted by molar-refractivity contribution is -0.111. The van der Waals surface area contributed by atoms with Gasteiger partial charge in [-0.2, -0.15) is 8.42 Å². The van der Waals surface area contributed by atoms with Crippen molar-refractivity contribution in [2.45, 2.75) is 18.7 Å². The molecular weight excluding hydrogens is 514 g/mol. The second-order valence-corrected chi connectivity index (χ2v) is 9.92. The molecule has 0 atom stereocenters. The lowest BCUT2D eigenvalue weighted by atomic mass is 10.1. The molecule has 11 heteroatoms. The molecular formula is C26H27N3O6S2. The molecule has 1 amide bonds. The predicted octanol–water partition coefficient (Wildman–Crippen LogP) is 4.71. The third kappa shape index (κ3) is 10.3. The zero-order valence-corrected chi connectivity index (χ0v) is 21.8. The van der Waals surface area contributed by atoms with Gasteiger partial charge in [0.2, 0.25) is 5.91 Å². The van der Waals surface area contributed by atoms with Crippen molar-refractivity contribution in [2.24, 2.45) is 5.73 Å². The number of esters is 1. The molecule has 3 aromatic carbocycles. The lowest BCUT2D eigenvalue weighted by Crippen LogP contribution is -2.10. The molecule has 3 aromatic rings. The fourth-order valence-electron chi connectivity index (χ4n) is 2.80. The zero-order chi connectivity index (χ0) is 27.4. The molecule has 9 nitrogen and oxygen atoms in total. The van der Waals surface area contributed by atoms with Crippen molar-refractivity contribution in [3.05, 3.63) is 102 Å². The van der Waals surface area contributed by atoms with E-state index in [1.54, 1.807) is 55.5 Å². The summed E-state index contributed by atoms with van der Waals surface area (Å²) in [5.41, 5.74) is 8.18. The summed E-state index contributed by atoms with van der Waals surface area (Å²) in [7, 11) is -4.02. The number of nitrogens with one attached hydrogen (secondary N) is 2. The van der Waals surface area contributed by atoms with Gasteiger partial charge in [-0.25, -0.2) is 4.79 Å². The normalized spacial score (nSPS) is 11.1. The second kappa shape index (κ2) is 14.0. The van der Waals surface area contributed by atoms with E-state index in [4.69, 9.17) is 20.4 Å². The van der Waals surface area contributed by atoms with Crippen LogP contribution in [0.2, 0.25) is 0 Å². The van der Waals surface area contributed by atoms with E-state index in [9.17, 15) is 18.0 Å². The van der Waals surface area contributed by atoms with Crippen molar-refractivity contribution in [1.29, 1.82) is 5.41 Å². The van der Waals surface area contributed by atoms with Gasteiger partial charge in [0.15, 0.2) is 5.17 Å². The molecule has 0 unspecified atom stereocenters. The van der Waals surface area contributed by atoms with Gasteiger partial charge in [0.1, 0.15) is 0 Å². The maximum Gasteiger partial charge on any atom is 0.338 e. The molecule has 0 spiro atoms. The summed E-state index contributed by atoms with van der Waals surface area (Å²) in [6.45, 7) is 3.88. The number of rotatable bonds is 7.